The summed E-state index contributed by atoms with van der Waals surface area (Å²) in [5.74, 6) is 0. The van der Waals surface area contributed by atoms with E-state index in [1.54, 1.807) is 22.1 Å². The van der Waals surface area contributed by atoms with Crippen LogP contribution in [0.1, 0.15) is 4.88 Å². The molecular formula is C13H8N6O2S3. The lowest BCUT2D eigenvalue weighted by atomic mass is 10.3. The van der Waals surface area contributed by atoms with Crippen LogP contribution in [-0.4, -0.2) is 30.1 Å². The highest BCUT2D eigenvalue weighted by atomic mass is 32.2. The van der Waals surface area contributed by atoms with Crippen LogP contribution in [0.2, 0.25) is 0 Å². The molecule has 120 valence electrons. The number of fused-ring (bicyclic) bond motifs is 1. The zero-order valence-corrected chi connectivity index (χ0v) is 14.3. The van der Waals surface area contributed by atoms with Gasteiger partial charge in [-0.1, -0.05) is 6.07 Å². The van der Waals surface area contributed by atoms with Crippen molar-refractivity contribution in [2.45, 2.75) is 16.0 Å². The summed E-state index contributed by atoms with van der Waals surface area (Å²) in [6.07, 6.45) is 0. The third-order valence-electron chi connectivity index (χ3n) is 3.13. The molecular weight excluding hydrogens is 368 g/mol. The number of nitro groups is 1. The van der Waals surface area contributed by atoms with Crippen LogP contribution in [0.5, 0.6) is 0 Å². The summed E-state index contributed by atoms with van der Waals surface area (Å²) in [6, 6.07) is 8.65. The molecule has 0 unspecified atom stereocenters. The Morgan fingerprint density at radius 2 is 2.25 bits per heavy atom. The lowest BCUT2D eigenvalue weighted by Gasteiger charge is -2.00. The monoisotopic (exact) mass is 376 g/mol. The molecule has 0 N–H and O–H groups in total. The molecule has 0 aliphatic rings. The summed E-state index contributed by atoms with van der Waals surface area (Å²) < 4.78 is 3.22. The summed E-state index contributed by atoms with van der Waals surface area (Å²) >= 11 is 4.38. The Morgan fingerprint density at radius 3 is 3.04 bits per heavy atom. The third kappa shape index (κ3) is 3.00. The number of hydrogen-bond donors (Lipinski definition) is 0. The first-order chi connectivity index (χ1) is 11.7. The van der Waals surface area contributed by atoms with Crippen molar-refractivity contribution in [2.24, 2.45) is 0 Å². The number of nitrogens with zero attached hydrogens (tertiary/aromatic N) is 6. The van der Waals surface area contributed by atoms with Gasteiger partial charge in [-0.3, -0.25) is 10.1 Å². The zero-order valence-electron chi connectivity index (χ0n) is 11.9. The number of non-ortho nitro benzene ring substituents is 1. The van der Waals surface area contributed by atoms with E-state index in [2.05, 4.69) is 20.5 Å². The molecule has 0 fully saturated rings. The van der Waals surface area contributed by atoms with Crippen LogP contribution in [0, 0.1) is 10.1 Å². The van der Waals surface area contributed by atoms with Crippen molar-refractivity contribution in [3.8, 4) is 0 Å². The lowest BCUT2D eigenvalue weighted by Crippen LogP contribution is -2.02. The van der Waals surface area contributed by atoms with E-state index in [0.29, 0.717) is 11.7 Å². The predicted molar refractivity (Wildman–Crippen MR) is 91.6 cm³/mol. The maximum absolute atomic E-state index is 10.9. The van der Waals surface area contributed by atoms with Gasteiger partial charge in [0.25, 0.3) is 5.69 Å². The second kappa shape index (κ2) is 6.26. The minimum absolute atomic E-state index is 0.0604. The molecule has 0 aliphatic heterocycles. The van der Waals surface area contributed by atoms with Gasteiger partial charge in [-0.15, -0.1) is 27.8 Å². The Hall–Kier alpha value is -2.37. The molecule has 8 nitrogen and oxygen atoms in total. The van der Waals surface area contributed by atoms with Crippen molar-refractivity contribution in [1.82, 2.24) is 25.2 Å². The van der Waals surface area contributed by atoms with Crippen molar-refractivity contribution >= 4 is 50.3 Å². The average Bonchev–Trinajstić information content (AvgIpc) is 3.29. The largest absolute Gasteiger partial charge is 0.270 e. The smallest absolute Gasteiger partial charge is 0.258 e. The van der Waals surface area contributed by atoms with Gasteiger partial charge in [-0.05, 0) is 39.7 Å². The highest BCUT2D eigenvalue weighted by molar-refractivity contribution is 8.01. The summed E-state index contributed by atoms with van der Waals surface area (Å²) in [7, 11) is 0. The summed E-state index contributed by atoms with van der Waals surface area (Å²) in [5, 5.41) is 25.3. The van der Waals surface area contributed by atoms with Gasteiger partial charge in [0.15, 0.2) is 4.34 Å². The molecule has 11 heteroatoms. The molecule has 4 aromatic rings. The van der Waals surface area contributed by atoms with E-state index < -0.39 is 4.92 Å². The number of thiophene rings is 1. The van der Waals surface area contributed by atoms with E-state index in [-0.39, 0.29) is 5.69 Å². The molecule has 24 heavy (non-hydrogen) atoms. The van der Waals surface area contributed by atoms with Crippen LogP contribution >= 0.6 is 34.4 Å². The van der Waals surface area contributed by atoms with Crippen molar-refractivity contribution in [3.63, 3.8) is 0 Å². The van der Waals surface area contributed by atoms with E-state index in [1.165, 1.54) is 35.2 Å². The second-order valence-corrected chi connectivity index (χ2v) is 7.97. The van der Waals surface area contributed by atoms with Crippen LogP contribution in [0.3, 0.4) is 0 Å². The van der Waals surface area contributed by atoms with E-state index in [9.17, 15) is 10.1 Å². The summed E-state index contributed by atoms with van der Waals surface area (Å²) in [6.45, 7) is 0.601. The molecule has 0 amide bonds. The number of rotatable bonds is 5. The van der Waals surface area contributed by atoms with Gasteiger partial charge in [0.05, 0.1) is 21.7 Å². The van der Waals surface area contributed by atoms with E-state index in [0.717, 1.165) is 19.4 Å². The maximum Gasteiger partial charge on any atom is 0.270 e. The minimum atomic E-state index is -0.409. The third-order valence-corrected chi connectivity index (χ3v) is 6.04. The quantitative estimate of drug-likeness (QED) is 0.388. The van der Waals surface area contributed by atoms with Crippen molar-refractivity contribution in [1.29, 1.82) is 0 Å². The number of thiazole rings is 1. The fraction of sp³-hybridized carbons (Fsp3) is 0.0769. The SMILES string of the molecule is O=[N+]([O-])c1ccc2nc(Sc3nnnn3Cc3cccs3)sc2c1. The maximum atomic E-state index is 10.9. The molecule has 0 atom stereocenters. The standard InChI is InChI=1S/C13H8N6O2S3/c20-19(21)8-3-4-10-11(6-8)23-13(14-10)24-12-15-16-17-18(12)7-9-2-1-5-22-9/h1-6H,7H2. The van der Waals surface area contributed by atoms with Gasteiger partial charge in [-0.25, -0.2) is 9.67 Å². The molecule has 1 aromatic carbocycles. The highest BCUT2D eigenvalue weighted by Gasteiger charge is 2.14. The average molecular weight is 376 g/mol. The summed E-state index contributed by atoms with van der Waals surface area (Å²) in [5.41, 5.74) is 0.788. The van der Waals surface area contributed by atoms with E-state index >= 15 is 0 Å². The molecule has 3 heterocycles. The molecule has 4 rings (SSSR count). The Balaban J connectivity index is 1.60. The first-order valence-corrected chi connectivity index (χ1v) is 9.22. The van der Waals surface area contributed by atoms with Gasteiger partial charge >= 0.3 is 0 Å². The number of tetrazole rings is 1. The topological polar surface area (TPSA) is 99.6 Å². The number of nitro benzene ring substituents is 1. The number of hydrogen-bond acceptors (Lipinski definition) is 9. The fourth-order valence-corrected chi connectivity index (χ4v) is 4.71. The normalized spacial score (nSPS) is 11.2. The van der Waals surface area contributed by atoms with Crippen molar-refractivity contribution in [2.75, 3.05) is 0 Å². The molecule has 0 aliphatic carbocycles. The first kappa shape index (κ1) is 15.2. The Labute approximate surface area is 147 Å². The van der Waals surface area contributed by atoms with E-state index in [4.69, 9.17) is 0 Å². The van der Waals surface area contributed by atoms with Gasteiger partial charge in [0.2, 0.25) is 5.16 Å². The van der Waals surface area contributed by atoms with Crippen LogP contribution in [-0.2, 0) is 6.54 Å². The van der Waals surface area contributed by atoms with Gasteiger partial charge < -0.3 is 0 Å². The van der Waals surface area contributed by atoms with Crippen LogP contribution < -0.4 is 0 Å². The Morgan fingerprint density at radius 1 is 1.33 bits per heavy atom. The molecule has 0 radical (unpaired) electrons. The van der Waals surface area contributed by atoms with Gasteiger partial charge in [0.1, 0.15) is 0 Å². The highest BCUT2D eigenvalue weighted by Crippen LogP contribution is 2.34. The van der Waals surface area contributed by atoms with Crippen LogP contribution in [0.15, 0.2) is 45.2 Å². The molecule has 0 spiro atoms. The van der Waals surface area contributed by atoms with Gasteiger partial charge in [0, 0.05) is 17.0 Å². The Bertz CT molecular complexity index is 1010. The number of aromatic nitrogens is 5. The first-order valence-electron chi connectivity index (χ1n) is 6.70. The fourth-order valence-electron chi connectivity index (χ4n) is 2.05. The van der Waals surface area contributed by atoms with Gasteiger partial charge in [-0.2, -0.15) is 0 Å². The van der Waals surface area contributed by atoms with E-state index in [1.807, 2.05) is 17.5 Å². The van der Waals surface area contributed by atoms with Crippen molar-refractivity contribution < 1.29 is 4.92 Å². The molecule has 0 saturated carbocycles. The molecule has 0 bridgehead atoms. The lowest BCUT2D eigenvalue weighted by molar-refractivity contribution is -0.384. The second-order valence-electron chi connectivity index (χ2n) is 4.69. The summed E-state index contributed by atoms with van der Waals surface area (Å²) in [4.78, 5) is 16.1. The van der Waals surface area contributed by atoms with Crippen LogP contribution in [0.4, 0.5) is 5.69 Å². The van der Waals surface area contributed by atoms with Crippen molar-refractivity contribution in [3.05, 3.63) is 50.7 Å². The minimum Gasteiger partial charge on any atom is -0.258 e. The molecule has 0 saturated heterocycles. The Kier molecular flexibility index (Phi) is 3.96. The predicted octanol–water partition coefficient (Wildman–Crippen LogP) is 3.45. The zero-order chi connectivity index (χ0) is 16.5. The molecule has 3 aromatic heterocycles. The number of benzene rings is 1. The van der Waals surface area contributed by atoms with Crippen LogP contribution in [0.25, 0.3) is 10.2 Å².